The first-order chi connectivity index (χ1) is 15.7. The van der Waals surface area contributed by atoms with Gasteiger partial charge in [-0.3, -0.25) is 9.59 Å². The van der Waals surface area contributed by atoms with Gasteiger partial charge in [-0.15, -0.1) is 0 Å². The monoisotopic (exact) mass is 440 g/mol. The highest BCUT2D eigenvalue weighted by Crippen LogP contribution is 2.46. The van der Waals surface area contributed by atoms with Gasteiger partial charge in [0, 0.05) is 38.8 Å². The van der Waals surface area contributed by atoms with Gasteiger partial charge in [-0.25, -0.2) is 0 Å². The zero-order valence-electron chi connectivity index (χ0n) is 19.0. The van der Waals surface area contributed by atoms with Gasteiger partial charge in [0.2, 0.25) is 5.91 Å². The Balaban J connectivity index is 1.13. The molecule has 3 saturated heterocycles. The molecule has 6 nitrogen and oxygen atoms in total. The Kier molecular flexibility index (Phi) is 6.51. The highest BCUT2D eigenvalue weighted by molar-refractivity contribution is 5.91. The lowest BCUT2D eigenvalue weighted by Gasteiger charge is -2.62. The molecule has 174 valence electrons. The van der Waals surface area contributed by atoms with Crippen molar-refractivity contribution >= 4 is 11.8 Å². The molecule has 5 rings (SSSR count). The van der Waals surface area contributed by atoms with Crippen LogP contribution in [0.2, 0.25) is 0 Å². The van der Waals surface area contributed by atoms with Crippen LogP contribution in [0.1, 0.15) is 56.9 Å². The second kappa shape index (κ2) is 9.52. The van der Waals surface area contributed by atoms with E-state index in [0.717, 1.165) is 58.2 Å². The Hall–Kier alpha value is -1.92. The van der Waals surface area contributed by atoms with Crippen LogP contribution in [0.25, 0.3) is 0 Å². The van der Waals surface area contributed by atoms with Crippen LogP contribution in [0.3, 0.4) is 0 Å². The van der Waals surface area contributed by atoms with Crippen molar-refractivity contribution < 1.29 is 19.1 Å². The van der Waals surface area contributed by atoms with Gasteiger partial charge < -0.3 is 19.3 Å². The quantitative estimate of drug-likeness (QED) is 0.583. The fourth-order valence-corrected chi connectivity index (χ4v) is 5.77. The summed E-state index contributed by atoms with van der Waals surface area (Å²) in [5.74, 6) is 1.07. The minimum atomic E-state index is -0.287. The number of ether oxygens (including phenoxy) is 2. The zero-order chi connectivity index (χ0) is 22.0. The van der Waals surface area contributed by atoms with Crippen molar-refractivity contribution in [2.24, 2.45) is 5.92 Å². The van der Waals surface area contributed by atoms with E-state index in [9.17, 15) is 9.59 Å². The number of carbonyl (C=O) groups is 2. The molecule has 1 aromatic carbocycles. The van der Waals surface area contributed by atoms with Crippen LogP contribution in [0.5, 0.6) is 0 Å². The summed E-state index contributed by atoms with van der Waals surface area (Å²) in [6, 6.07) is 10.6. The van der Waals surface area contributed by atoms with Gasteiger partial charge in [-0.05, 0) is 62.8 Å². The van der Waals surface area contributed by atoms with E-state index in [1.807, 2.05) is 23.1 Å². The van der Waals surface area contributed by atoms with E-state index < -0.39 is 0 Å². The van der Waals surface area contributed by atoms with Gasteiger partial charge in [-0.1, -0.05) is 30.3 Å². The van der Waals surface area contributed by atoms with Crippen LogP contribution in [0, 0.1) is 5.92 Å². The Bertz CT molecular complexity index is 795. The number of β-lactam (4-membered cyclic amide) rings is 1. The number of piperidine rings is 1. The normalized spacial score (nSPS) is 25.8. The number of hydrogen-bond donors (Lipinski definition) is 0. The molecule has 1 saturated carbocycles. The smallest absolute Gasteiger partial charge is 0.254 e. The molecule has 0 N–H and O–H groups in total. The number of benzene rings is 1. The zero-order valence-corrected chi connectivity index (χ0v) is 19.0. The number of hydrogen-bond acceptors (Lipinski definition) is 4. The van der Waals surface area contributed by atoms with E-state index in [1.165, 1.54) is 18.4 Å². The van der Waals surface area contributed by atoms with Gasteiger partial charge in [0.1, 0.15) is 0 Å². The Morgan fingerprint density at radius 2 is 1.78 bits per heavy atom. The molecule has 1 aliphatic carbocycles. The summed E-state index contributed by atoms with van der Waals surface area (Å²) in [6.07, 6.45) is 8.08. The SMILES string of the molecule is O=C(CCCc1ccccc1)N1CCC(N2C(=O)C(OCC3CC3)C23CCOCC3)CC1. The standard InChI is InChI=1S/C26H36N2O4/c29-23(8-4-7-20-5-2-1-3-6-20)27-15-11-22(12-16-27)28-25(30)24(32-19-21-9-10-21)26(28)13-17-31-18-14-26/h1-3,5-6,21-22,24H,4,7-19H2. The largest absolute Gasteiger partial charge is 0.381 e. The minimum Gasteiger partial charge on any atom is -0.381 e. The van der Waals surface area contributed by atoms with Gasteiger partial charge in [0.25, 0.3) is 5.91 Å². The highest BCUT2D eigenvalue weighted by atomic mass is 16.5. The summed E-state index contributed by atoms with van der Waals surface area (Å²) in [5.41, 5.74) is 1.10. The number of aryl methyl sites for hydroxylation is 1. The Labute approximate surface area is 191 Å². The van der Waals surface area contributed by atoms with Crippen molar-refractivity contribution in [1.29, 1.82) is 0 Å². The van der Waals surface area contributed by atoms with E-state index in [0.29, 0.717) is 25.6 Å². The van der Waals surface area contributed by atoms with E-state index in [-0.39, 0.29) is 29.5 Å². The Morgan fingerprint density at radius 3 is 2.47 bits per heavy atom. The average Bonchev–Trinajstić information content (AvgIpc) is 3.65. The lowest BCUT2D eigenvalue weighted by Crippen LogP contribution is -2.79. The summed E-state index contributed by atoms with van der Waals surface area (Å²) < 4.78 is 11.8. The molecule has 1 aromatic rings. The molecular weight excluding hydrogens is 404 g/mol. The second-order valence-electron chi connectivity index (χ2n) is 10.0. The molecule has 6 heteroatoms. The van der Waals surface area contributed by atoms with Crippen LogP contribution in [0.15, 0.2) is 30.3 Å². The molecule has 32 heavy (non-hydrogen) atoms. The van der Waals surface area contributed by atoms with E-state index in [1.54, 1.807) is 0 Å². The first kappa shape index (κ1) is 21.9. The van der Waals surface area contributed by atoms with Crippen LogP contribution < -0.4 is 0 Å². The Morgan fingerprint density at radius 1 is 1.06 bits per heavy atom. The fraction of sp³-hybridized carbons (Fsp3) is 0.692. The fourth-order valence-electron chi connectivity index (χ4n) is 5.77. The van der Waals surface area contributed by atoms with Crippen molar-refractivity contribution in [3.05, 3.63) is 35.9 Å². The molecule has 3 aliphatic heterocycles. The van der Waals surface area contributed by atoms with Crippen LogP contribution in [-0.4, -0.2) is 72.2 Å². The van der Waals surface area contributed by atoms with Gasteiger partial charge in [-0.2, -0.15) is 0 Å². The van der Waals surface area contributed by atoms with Gasteiger partial charge in [0.15, 0.2) is 6.10 Å². The molecule has 1 spiro atoms. The van der Waals surface area contributed by atoms with Crippen molar-refractivity contribution in [2.45, 2.75) is 75.5 Å². The van der Waals surface area contributed by atoms with Crippen molar-refractivity contribution in [1.82, 2.24) is 9.80 Å². The number of amides is 2. The third kappa shape index (κ3) is 4.44. The van der Waals surface area contributed by atoms with Crippen molar-refractivity contribution in [2.75, 3.05) is 32.9 Å². The van der Waals surface area contributed by atoms with Crippen LogP contribution in [0.4, 0.5) is 0 Å². The summed E-state index contributed by atoms with van der Waals surface area (Å²) in [4.78, 5) is 30.0. The predicted octanol–water partition coefficient (Wildman–Crippen LogP) is 3.19. The maximum atomic E-state index is 13.1. The lowest BCUT2D eigenvalue weighted by atomic mass is 9.72. The summed E-state index contributed by atoms with van der Waals surface area (Å²) >= 11 is 0. The number of nitrogens with zero attached hydrogens (tertiary/aromatic N) is 2. The third-order valence-electron chi connectivity index (χ3n) is 7.86. The second-order valence-corrected chi connectivity index (χ2v) is 10.0. The van der Waals surface area contributed by atoms with Crippen LogP contribution >= 0.6 is 0 Å². The molecule has 4 aliphatic rings. The third-order valence-corrected chi connectivity index (χ3v) is 7.86. The molecule has 2 amide bonds. The minimum absolute atomic E-state index is 0.167. The number of likely N-dealkylation sites (tertiary alicyclic amines) is 2. The maximum absolute atomic E-state index is 13.1. The molecule has 0 bridgehead atoms. The first-order valence-electron chi connectivity index (χ1n) is 12.5. The topological polar surface area (TPSA) is 59.1 Å². The highest BCUT2D eigenvalue weighted by Gasteiger charge is 2.63. The average molecular weight is 441 g/mol. The molecule has 0 aromatic heterocycles. The molecule has 4 fully saturated rings. The summed E-state index contributed by atoms with van der Waals surface area (Å²) in [6.45, 7) is 3.62. The van der Waals surface area contributed by atoms with E-state index >= 15 is 0 Å². The van der Waals surface area contributed by atoms with Crippen molar-refractivity contribution in [3.8, 4) is 0 Å². The van der Waals surface area contributed by atoms with E-state index in [2.05, 4.69) is 17.0 Å². The first-order valence-corrected chi connectivity index (χ1v) is 12.5. The van der Waals surface area contributed by atoms with Gasteiger partial charge in [0.05, 0.1) is 12.1 Å². The summed E-state index contributed by atoms with van der Waals surface area (Å²) in [5, 5.41) is 0. The molecular formula is C26H36N2O4. The molecule has 3 heterocycles. The van der Waals surface area contributed by atoms with Crippen LogP contribution in [-0.2, 0) is 25.5 Å². The molecule has 1 unspecified atom stereocenters. The lowest BCUT2D eigenvalue weighted by molar-refractivity contribution is -0.219. The molecule has 0 radical (unpaired) electrons. The van der Waals surface area contributed by atoms with E-state index in [4.69, 9.17) is 9.47 Å². The predicted molar refractivity (Wildman–Crippen MR) is 121 cm³/mol. The number of carbonyl (C=O) groups excluding carboxylic acids is 2. The molecule has 1 atom stereocenters. The summed E-state index contributed by atoms with van der Waals surface area (Å²) in [7, 11) is 0. The van der Waals surface area contributed by atoms with Crippen molar-refractivity contribution in [3.63, 3.8) is 0 Å². The van der Waals surface area contributed by atoms with Gasteiger partial charge >= 0.3 is 0 Å². The number of rotatable bonds is 8. The maximum Gasteiger partial charge on any atom is 0.254 e.